The number of ether oxygens (including phenoxy) is 2. The first-order valence-electron chi connectivity index (χ1n) is 8.94. The molecule has 0 N–H and O–H groups in total. The fourth-order valence-corrected chi connectivity index (χ4v) is 5.00. The van der Waals surface area contributed by atoms with Gasteiger partial charge in [0, 0.05) is 32.7 Å². The molecule has 0 aromatic heterocycles. The predicted molar refractivity (Wildman–Crippen MR) is 105 cm³/mol. The maximum Gasteiger partial charge on any atom is 0.243 e. The minimum Gasteiger partial charge on any atom is -0.493 e. The highest BCUT2D eigenvalue weighted by Crippen LogP contribution is 2.28. The van der Waals surface area contributed by atoms with Gasteiger partial charge in [-0.2, -0.15) is 4.31 Å². The summed E-state index contributed by atoms with van der Waals surface area (Å²) in [6, 6.07) is 13.0. The summed E-state index contributed by atoms with van der Waals surface area (Å²) in [5.41, 5.74) is 1.90. The van der Waals surface area contributed by atoms with E-state index in [1.807, 2.05) is 37.3 Å². The molecule has 0 bridgehead atoms. The van der Waals surface area contributed by atoms with E-state index in [0.29, 0.717) is 42.6 Å². The van der Waals surface area contributed by atoms with E-state index in [4.69, 9.17) is 9.47 Å². The van der Waals surface area contributed by atoms with Crippen LogP contribution in [0.15, 0.2) is 47.4 Å². The summed E-state index contributed by atoms with van der Waals surface area (Å²) in [5.74, 6) is 1.41. The van der Waals surface area contributed by atoms with Gasteiger partial charge in [-0.15, -0.1) is 0 Å². The fraction of sp³-hybridized carbons (Fsp3) is 0.400. The molecule has 146 valence electrons. The monoisotopic (exact) mass is 390 g/mol. The van der Waals surface area contributed by atoms with Gasteiger partial charge in [-0.25, -0.2) is 8.42 Å². The van der Waals surface area contributed by atoms with Crippen LogP contribution in [0.4, 0.5) is 0 Å². The number of nitrogens with zero attached hydrogens (tertiary/aromatic N) is 2. The average Bonchev–Trinajstić information content (AvgIpc) is 2.68. The van der Waals surface area contributed by atoms with E-state index in [2.05, 4.69) is 4.90 Å². The Morgan fingerprint density at radius 3 is 2.22 bits per heavy atom. The van der Waals surface area contributed by atoms with Crippen molar-refractivity contribution in [2.75, 3.05) is 40.4 Å². The van der Waals surface area contributed by atoms with Crippen molar-refractivity contribution in [3.8, 4) is 11.5 Å². The van der Waals surface area contributed by atoms with Crippen molar-refractivity contribution in [1.82, 2.24) is 9.21 Å². The molecule has 3 rings (SSSR count). The van der Waals surface area contributed by atoms with Crippen LogP contribution in [0.1, 0.15) is 11.1 Å². The van der Waals surface area contributed by atoms with E-state index >= 15 is 0 Å². The summed E-state index contributed by atoms with van der Waals surface area (Å²) in [5, 5.41) is 0. The Labute approximate surface area is 161 Å². The van der Waals surface area contributed by atoms with Crippen molar-refractivity contribution in [2.45, 2.75) is 18.4 Å². The minimum absolute atomic E-state index is 0.401. The summed E-state index contributed by atoms with van der Waals surface area (Å²) in [6.45, 7) is 4.95. The van der Waals surface area contributed by atoms with Gasteiger partial charge in [0.1, 0.15) is 0 Å². The van der Waals surface area contributed by atoms with E-state index in [9.17, 15) is 8.42 Å². The summed E-state index contributed by atoms with van der Waals surface area (Å²) in [7, 11) is -0.200. The van der Waals surface area contributed by atoms with Crippen LogP contribution in [0, 0.1) is 6.92 Å². The lowest BCUT2D eigenvalue weighted by Gasteiger charge is -2.34. The quantitative estimate of drug-likeness (QED) is 0.759. The first-order chi connectivity index (χ1) is 13.0. The first kappa shape index (κ1) is 19.7. The third-order valence-electron chi connectivity index (χ3n) is 4.90. The Morgan fingerprint density at radius 1 is 0.926 bits per heavy atom. The molecule has 0 spiro atoms. The van der Waals surface area contributed by atoms with Crippen molar-refractivity contribution < 1.29 is 17.9 Å². The molecule has 0 amide bonds. The summed E-state index contributed by atoms with van der Waals surface area (Å²) in [4.78, 5) is 2.66. The van der Waals surface area contributed by atoms with Gasteiger partial charge in [0.05, 0.1) is 19.1 Å². The van der Waals surface area contributed by atoms with Gasteiger partial charge in [0.15, 0.2) is 11.5 Å². The number of methoxy groups -OCH3 is 2. The van der Waals surface area contributed by atoms with Crippen LogP contribution in [0.5, 0.6) is 11.5 Å². The first-order valence-corrected chi connectivity index (χ1v) is 10.4. The van der Waals surface area contributed by atoms with E-state index in [1.54, 1.807) is 30.7 Å². The maximum atomic E-state index is 12.9. The molecule has 7 heteroatoms. The van der Waals surface area contributed by atoms with E-state index in [0.717, 1.165) is 17.7 Å². The molecule has 1 heterocycles. The van der Waals surface area contributed by atoms with Crippen molar-refractivity contribution in [1.29, 1.82) is 0 Å². The number of benzene rings is 2. The molecule has 27 heavy (non-hydrogen) atoms. The van der Waals surface area contributed by atoms with Gasteiger partial charge in [0.25, 0.3) is 0 Å². The van der Waals surface area contributed by atoms with E-state index in [-0.39, 0.29) is 0 Å². The molecule has 1 aliphatic rings. The highest BCUT2D eigenvalue weighted by molar-refractivity contribution is 7.89. The lowest BCUT2D eigenvalue weighted by Crippen LogP contribution is -2.48. The number of sulfonamides is 1. The second-order valence-corrected chi connectivity index (χ2v) is 8.54. The van der Waals surface area contributed by atoms with Gasteiger partial charge < -0.3 is 9.47 Å². The van der Waals surface area contributed by atoms with Crippen LogP contribution < -0.4 is 9.47 Å². The summed E-state index contributed by atoms with van der Waals surface area (Å²) >= 11 is 0. The van der Waals surface area contributed by atoms with Crippen molar-refractivity contribution in [3.63, 3.8) is 0 Å². The van der Waals surface area contributed by atoms with Gasteiger partial charge in [0.2, 0.25) is 10.0 Å². The highest BCUT2D eigenvalue weighted by Gasteiger charge is 2.29. The lowest BCUT2D eigenvalue weighted by molar-refractivity contribution is 0.181. The predicted octanol–water partition coefficient (Wildman–Crippen LogP) is 2.52. The SMILES string of the molecule is COc1ccc(CN2CCN(S(=O)(=O)c3ccccc3C)CC2)cc1OC. The van der Waals surface area contributed by atoms with Gasteiger partial charge in [-0.3, -0.25) is 4.90 Å². The molecule has 2 aromatic rings. The molecule has 1 saturated heterocycles. The second kappa shape index (κ2) is 8.29. The van der Waals surface area contributed by atoms with E-state index < -0.39 is 10.0 Å². The molecule has 0 saturated carbocycles. The minimum atomic E-state index is -3.44. The van der Waals surface area contributed by atoms with Gasteiger partial charge in [-0.05, 0) is 36.2 Å². The molecule has 1 aliphatic heterocycles. The van der Waals surface area contributed by atoms with Crippen molar-refractivity contribution >= 4 is 10.0 Å². The zero-order valence-corrected chi connectivity index (χ0v) is 16.8. The van der Waals surface area contributed by atoms with Crippen LogP contribution in [-0.2, 0) is 16.6 Å². The standard InChI is InChI=1S/C20H26N2O4S/c1-16-6-4-5-7-20(16)27(23,24)22-12-10-21(11-13-22)15-17-8-9-18(25-2)19(14-17)26-3/h4-9,14H,10-13,15H2,1-3H3. The third kappa shape index (κ3) is 4.26. The van der Waals surface area contributed by atoms with Crippen LogP contribution in [0.3, 0.4) is 0 Å². The Balaban J connectivity index is 1.65. The zero-order valence-electron chi connectivity index (χ0n) is 16.0. The Kier molecular flexibility index (Phi) is 6.04. The van der Waals surface area contributed by atoms with Gasteiger partial charge >= 0.3 is 0 Å². The molecule has 0 aliphatic carbocycles. The van der Waals surface area contributed by atoms with Crippen LogP contribution in [0.25, 0.3) is 0 Å². The lowest BCUT2D eigenvalue weighted by atomic mass is 10.1. The number of hydrogen-bond acceptors (Lipinski definition) is 5. The molecule has 0 radical (unpaired) electrons. The number of aryl methyl sites for hydroxylation is 1. The molecule has 0 atom stereocenters. The Morgan fingerprint density at radius 2 is 1.59 bits per heavy atom. The average molecular weight is 391 g/mol. The molecule has 0 unspecified atom stereocenters. The Hall–Kier alpha value is -2.09. The van der Waals surface area contributed by atoms with E-state index in [1.165, 1.54) is 0 Å². The molecule has 6 nitrogen and oxygen atoms in total. The maximum absolute atomic E-state index is 12.9. The topological polar surface area (TPSA) is 59.1 Å². The zero-order chi connectivity index (χ0) is 19.4. The van der Waals surface area contributed by atoms with Crippen LogP contribution >= 0.6 is 0 Å². The molecule has 2 aromatic carbocycles. The third-order valence-corrected chi connectivity index (χ3v) is 6.96. The molecule has 1 fully saturated rings. The number of hydrogen-bond donors (Lipinski definition) is 0. The number of rotatable bonds is 6. The second-order valence-electron chi connectivity index (χ2n) is 6.64. The summed E-state index contributed by atoms with van der Waals surface area (Å²) in [6.07, 6.45) is 0. The van der Waals surface area contributed by atoms with Crippen molar-refractivity contribution in [2.24, 2.45) is 0 Å². The summed E-state index contributed by atoms with van der Waals surface area (Å²) < 4.78 is 38.0. The Bertz CT molecular complexity index is 891. The van der Waals surface area contributed by atoms with Crippen molar-refractivity contribution in [3.05, 3.63) is 53.6 Å². The largest absolute Gasteiger partial charge is 0.493 e. The normalized spacial score (nSPS) is 16.3. The fourth-order valence-electron chi connectivity index (χ4n) is 3.35. The van der Waals surface area contributed by atoms with Crippen LogP contribution in [-0.4, -0.2) is 58.0 Å². The number of piperazine rings is 1. The molecular formula is C20H26N2O4S. The van der Waals surface area contributed by atoms with Crippen LogP contribution in [0.2, 0.25) is 0 Å². The van der Waals surface area contributed by atoms with Gasteiger partial charge in [-0.1, -0.05) is 24.3 Å². The molecular weight excluding hydrogens is 364 g/mol. The highest BCUT2D eigenvalue weighted by atomic mass is 32.2. The smallest absolute Gasteiger partial charge is 0.243 e.